The Hall–Kier alpha value is -1.83. The second-order valence-corrected chi connectivity index (χ2v) is 6.79. The molecule has 0 aromatic heterocycles. The van der Waals surface area contributed by atoms with Crippen molar-refractivity contribution < 1.29 is 4.94 Å². The molecule has 2 aliphatic rings. The van der Waals surface area contributed by atoms with Crippen LogP contribution >= 0.6 is 11.6 Å². The third-order valence-electron chi connectivity index (χ3n) is 4.59. The van der Waals surface area contributed by atoms with Crippen LogP contribution < -0.4 is 15.7 Å². The number of rotatable bonds is 4. The molecule has 6 nitrogen and oxygen atoms in total. The summed E-state index contributed by atoms with van der Waals surface area (Å²) in [5.41, 5.74) is 7.32. The molecule has 2 aliphatic heterocycles. The minimum Gasteiger partial charge on any atom is -0.352 e. The first-order valence-electron chi connectivity index (χ1n) is 8.47. The van der Waals surface area contributed by atoms with Crippen molar-refractivity contribution in [3.63, 3.8) is 0 Å². The van der Waals surface area contributed by atoms with Crippen molar-refractivity contribution in [2.75, 3.05) is 50.1 Å². The van der Waals surface area contributed by atoms with Gasteiger partial charge in [0.05, 0.1) is 29.4 Å². The summed E-state index contributed by atoms with van der Waals surface area (Å²) in [6.07, 6.45) is 0. The first-order chi connectivity index (χ1) is 12.2. The summed E-state index contributed by atoms with van der Waals surface area (Å²) in [6.45, 7) is 4.33. The number of hydrogen-bond acceptors (Lipinski definition) is 6. The summed E-state index contributed by atoms with van der Waals surface area (Å²) in [5, 5.41) is 6.14. The van der Waals surface area contributed by atoms with E-state index >= 15 is 0 Å². The van der Waals surface area contributed by atoms with Gasteiger partial charge in [0.2, 0.25) is 0 Å². The average Bonchev–Trinajstić information content (AvgIpc) is 2.63. The minimum atomic E-state index is 0.526. The second kappa shape index (κ2) is 7.19. The zero-order valence-electron chi connectivity index (χ0n) is 14.2. The quantitative estimate of drug-likeness (QED) is 0.817. The number of likely N-dealkylation sites (N-methyl/N-ethyl adjacent to an activating group) is 1. The van der Waals surface area contributed by atoms with Gasteiger partial charge >= 0.3 is 0 Å². The molecule has 0 bridgehead atoms. The van der Waals surface area contributed by atoms with Crippen LogP contribution in [0.1, 0.15) is 0 Å². The average molecular weight is 360 g/mol. The van der Waals surface area contributed by atoms with Crippen LogP contribution in [0.2, 0.25) is 5.02 Å². The molecule has 0 amide bonds. The predicted molar refractivity (Wildman–Crippen MR) is 101 cm³/mol. The number of anilines is 4. The number of nitrogens with one attached hydrogen (secondary N) is 2. The molecule has 0 atom stereocenters. The molecule has 0 aliphatic carbocycles. The Bertz CT molecular complexity index is 748. The summed E-state index contributed by atoms with van der Waals surface area (Å²) >= 11 is 6.22. The number of nitrogens with zero attached hydrogens (tertiary/aromatic N) is 3. The molecule has 0 radical (unpaired) electrons. The van der Waals surface area contributed by atoms with Gasteiger partial charge in [-0.05, 0) is 37.4 Å². The van der Waals surface area contributed by atoms with E-state index in [-0.39, 0.29) is 0 Å². The van der Waals surface area contributed by atoms with Crippen molar-refractivity contribution in [2.24, 2.45) is 0 Å². The topological polar surface area (TPSA) is 43.0 Å². The Morgan fingerprint density at radius 1 is 1.04 bits per heavy atom. The molecule has 4 rings (SSSR count). The van der Waals surface area contributed by atoms with Crippen LogP contribution in [-0.4, -0.2) is 49.9 Å². The molecule has 2 aromatic rings. The zero-order chi connectivity index (χ0) is 17.2. The molecule has 7 heteroatoms. The normalized spacial score (nSPS) is 17.8. The van der Waals surface area contributed by atoms with E-state index in [1.165, 1.54) is 0 Å². The van der Waals surface area contributed by atoms with E-state index in [1.54, 1.807) is 0 Å². The van der Waals surface area contributed by atoms with E-state index in [4.69, 9.17) is 16.5 Å². The Morgan fingerprint density at radius 2 is 1.80 bits per heavy atom. The second-order valence-electron chi connectivity index (χ2n) is 6.36. The molecule has 0 spiro atoms. The van der Waals surface area contributed by atoms with Crippen molar-refractivity contribution >= 4 is 34.4 Å². The highest BCUT2D eigenvalue weighted by molar-refractivity contribution is 6.31. The number of benzene rings is 2. The molecule has 1 fully saturated rings. The third-order valence-corrected chi connectivity index (χ3v) is 4.83. The first-order valence-corrected chi connectivity index (χ1v) is 8.85. The van der Waals surface area contributed by atoms with Crippen LogP contribution in [-0.2, 0) is 4.94 Å². The van der Waals surface area contributed by atoms with Crippen LogP contribution in [0.3, 0.4) is 0 Å². The standard InChI is InChI=1S/C18H22ClN5O/c1-22-8-10-23(11-9-22)25-20-13-24-17-5-3-2-4-15(17)21-16-7-6-14(19)12-18(16)24/h2-7,12,20-21H,8-11,13H2,1H3. The molecule has 2 heterocycles. The number of fused-ring (bicyclic) bond motifs is 2. The fourth-order valence-corrected chi connectivity index (χ4v) is 3.32. The van der Waals surface area contributed by atoms with Gasteiger partial charge in [0.1, 0.15) is 0 Å². The van der Waals surface area contributed by atoms with Crippen LogP contribution in [0.5, 0.6) is 0 Å². The fourth-order valence-electron chi connectivity index (χ4n) is 3.16. The van der Waals surface area contributed by atoms with Crippen LogP contribution in [0.4, 0.5) is 22.7 Å². The number of hydrogen-bond donors (Lipinski definition) is 2. The van der Waals surface area contributed by atoms with Gasteiger partial charge in [-0.1, -0.05) is 23.7 Å². The summed E-state index contributed by atoms with van der Waals surface area (Å²) in [5.74, 6) is 0. The van der Waals surface area contributed by atoms with Gasteiger partial charge in [-0.15, -0.1) is 0 Å². The zero-order valence-corrected chi connectivity index (χ0v) is 15.0. The van der Waals surface area contributed by atoms with Gasteiger partial charge in [-0.2, -0.15) is 10.5 Å². The number of piperazine rings is 1. The Balaban J connectivity index is 1.49. The number of para-hydroxylation sites is 2. The van der Waals surface area contributed by atoms with Crippen molar-refractivity contribution in [3.8, 4) is 0 Å². The lowest BCUT2D eigenvalue weighted by atomic mass is 10.1. The molecule has 1 saturated heterocycles. The third kappa shape index (κ3) is 3.58. The maximum absolute atomic E-state index is 6.22. The molecule has 2 aromatic carbocycles. The lowest BCUT2D eigenvalue weighted by Crippen LogP contribution is -2.47. The summed E-state index contributed by atoms with van der Waals surface area (Å²) < 4.78 is 0. The van der Waals surface area contributed by atoms with Crippen molar-refractivity contribution in [2.45, 2.75) is 0 Å². The van der Waals surface area contributed by atoms with Crippen LogP contribution in [0.15, 0.2) is 42.5 Å². The van der Waals surface area contributed by atoms with Gasteiger partial charge in [0.25, 0.3) is 0 Å². The van der Waals surface area contributed by atoms with E-state index in [2.05, 4.69) is 39.8 Å². The Labute approximate surface area is 152 Å². The Kier molecular flexibility index (Phi) is 4.78. The maximum atomic E-state index is 6.22. The summed E-state index contributed by atoms with van der Waals surface area (Å²) in [4.78, 5) is 10.2. The van der Waals surface area contributed by atoms with E-state index in [1.807, 2.05) is 35.4 Å². The molecular formula is C18H22ClN5O. The molecule has 0 saturated carbocycles. The molecule has 0 unspecified atom stereocenters. The van der Waals surface area contributed by atoms with Crippen LogP contribution in [0.25, 0.3) is 0 Å². The van der Waals surface area contributed by atoms with E-state index in [9.17, 15) is 0 Å². The Morgan fingerprint density at radius 3 is 2.64 bits per heavy atom. The van der Waals surface area contributed by atoms with E-state index in [0.717, 1.165) is 48.9 Å². The number of hydroxylamine groups is 3. The first kappa shape index (κ1) is 16.6. The number of halogens is 1. The minimum absolute atomic E-state index is 0.526. The monoisotopic (exact) mass is 359 g/mol. The van der Waals surface area contributed by atoms with Gasteiger partial charge in [0.15, 0.2) is 0 Å². The molecular weight excluding hydrogens is 338 g/mol. The van der Waals surface area contributed by atoms with Crippen molar-refractivity contribution in [3.05, 3.63) is 47.5 Å². The van der Waals surface area contributed by atoms with Gasteiger partial charge in [-0.25, -0.2) is 4.94 Å². The van der Waals surface area contributed by atoms with E-state index in [0.29, 0.717) is 11.7 Å². The maximum Gasteiger partial charge on any atom is 0.0985 e. The predicted octanol–water partition coefficient (Wildman–Crippen LogP) is 3.18. The highest BCUT2D eigenvalue weighted by Gasteiger charge is 2.23. The van der Waals surface area contributed by atoms with Crippen molar-refractivity contribution in [1.29, 1.82) is 0 Å². The lowest BCUT2D eigenvalue weighted by Gasteiger charge is -2.35. The smallest absolute Gasteiger partial charge is 0.0985 e. The SMILES string of the molecule is CN1CCN(ONCN2c3ccccc3Nc3ccc(Cl)cc32)CC1. The highest BCUT2D eigenvalue weighted by Crippen LogP contribution is 2.43. The highest BCUT2D eigenvalue weighted by atomic mass is 35.5. The van der Waals surface area contributed by atoms with Crippen LogP contribution in [0, 0.1) is 0 Å². The van der Waals surface area contributed by atoms with Gasteiger partial charge in [-0.3, -0.25) is 0 Å². The molecule has 2 N–H and O–H groups in total. The fraction of sp³-hybridized carbons (Fsp3) is 0.333. The van der Waals surface area contributed by atoms with E-state index < -0.39 is 0 Å². The molecule has 132 valence electrons. The van der Waals surface area contributed by atoms with Gasteiger partial charge in [0, 0.05) is 31.2 Å². The summed E-state index contributed by atoms with van der Waals surface area (Å²) in [6, 6.07) is 14.1. The lowest BCUT2D eigenvalue weighted by molar-refractivity contribution is -0.221. The molecule has 25 heavy (non-hydrogen) atoms. The van der Waals surface area contributed by atoms with Gasteiger partial charge < -0.3 is 15.1 Å². The summed E-state index contributed by atoms with van der Waals surface area (Å²) in [7, 11) is 2.13. The van der Waals surface area contributed by atoms with Crippen molar-refractivity contribution in [1.82, 2.24) is 15.4 Å². The largest absolute Gasteiger partial charge is 0.352 e.